The predicted molar refractivity (Wildman–Crippen MR) is 112 cm³/mol. The smallest absolute Gasteiger partial charge is 0.239 e. The van der Waals surface area contributed by atoms with E-state index in [4.69, 9.17) is 12.2 Å². The molecule has 0 atom stereocenters. The lowest BCUT2D eigenvalue weighted by Crippen LogP contribution is -2.40. The highest BCUT2D eigenvalue weighted by Gasteiger charge is 2.20. The molecule has 0 aliphatic carbocycles. The molecule has 0 fully saturated rings. The number of thiophene rings is 1. The van der Waals surface area contributed by atoms with Crippen LogP contribution in [-0.2, 0) is 13.0 Å². The van der Waals surface area contributed by atoms with Gasteiger partial charge < -0.3 is 15.5 Å². The summed E-state index contributed by atoms with van der Waals surface area (Å²) in [4.78, 5) is 0.945. The fourth-order valence-electron chi connectivity index (χ4n) is 2.68. The molecule has 0 spiro atoms. The Bertz CT molecular complexity index is 966. The van der Waals surface area contributed by atoms with Crippen LogP contribution in [0.3, 0.4) is 0 Å². The second-order valence-corrected chi connectivity index (χ2v) is 7.30. The zero-order valence-corrected chi connectivity index (χ0v) is 16.5. The molecule has 2 N–H and O–H groups in total. The quantitative estimate of drug-likeness (QED) is 0.291. The molecule has 0 amide bonds. The summed E-state index contributed by atoms with van der Waals surface area (Å²) in [7, 11) is 0. The molecule has 0 aliphatic heterocycles. The standard InChI is InChI=1S/C21H20N2O2S2/c1-2-15-6-3-8-17(12-15)22-21(26)19(20(25)18-9-5-11-27-18)23-10-4-7-16(13-23)14-24/h3-13,24H,2,14H2,1H3,(H-,22,25,26). The van der Waals surface area contributed by atoms with Gasteiger partial charge in [-0.15, -0.1) is 11.3 Å². The second-order valence-electron chi connectivity index (χ2n) is 5.94. The molecule has 0 radical (unpaired) electrons. The maximum absolute atomic E-state index is 13.1. The Hall–Kier alpha value is -2.54. The van der Waals surface area contributed by atoms with Crippen LogP contribution in [0.25, 0.3) is 11.5 Å². The number of benzene rings is 1. The Morgan fingerprint density at radius 2 is 2.00 bits per heavy atom. The first-order valence-electron chi connectivity index (χ1n) is 8.59. The topological polar surface area (TPSA) is 59.2 Å². The van der Waals surface area contributed by atoms with Gasteiger partial charge in [-0.1, -0.05) is 37.3 Å². The molecular formula is C21H20N2O2S2. The Morgan fingerprint density at radius 1 is 1.19 bits per heavy atom. The summed E-state index contributed by atoms with van der Waals surface area (Å²) in [6.45, 7) is 1.98. The van der Waals surface area contributed by atoms with Crippen LogP contribution in [-0.4, -0.2) is 10.1 Å². The van der Waals surface area contributed by atoms with Crippen molar-refractivity contribution in [3.05, 3.63) is 82.3 Å². The van der Waals surface area contributed by atoms with E-state index in [9.17, 15) is 10.2 Å². The van der Waals surface area contributed by atoms with Crippen LogP contribution in [0, 0.1) is 0 Å². The molecule has 27 heavy (non-hydrogen) atoms. The van der Waals surface area contributed by atoms with Gasteiger partial charge in [0.05, 0.1) is 6.61 Å². The first-order valence-corrected chi connectivity index (χ1v) is 9.88. The summed E-state index contributed by atoms with van der Waals surface area (Å²) in [5, 5.41) is 27.6. The van der Waals surface area contributed by atoms with E-state index in [1.807, 2.05) is 29.6 Å². The first-order chi connectivity index (χ1) is 13.1. The molecule has 0 bridgehead atoms. The number of aliphatic hydroxyl groups excluding tert-OH is 1. The summed E-state index contributed by atoms with van der Waals surface area (Å²) >= 11 is 6.97. The third kappa shape index (κ3) is 4.60. The van der Waals surface area contributed by atoms with Gasteiger partial charge in [-0.3, -0.25) is 0 Å². The number of nitrogens with one attached hydrogen (secondary N) is 1. The van der Waals surface area contributed by atoms with Crippen molar-refractivity contribution < 1.29 is 14.8 Å². The summed E-state index contributed by atoms with van der Waals surface area (Å²) in [5.41, 5.74) is 3.08. The first kappa shape index (κ1) is 19.2. The maximum Gasteiger partial charge on any atom is 0.239 e. The lowest BCUT2D eigenvalue weighted by Gasteiger charge is -2.16. The van der Waals surface area contributed by atoms with Crippen molar-refractivity contribution in [3.8, 4) is 0 Å². The number of aryl methyl sites for hydroxylation is 1. The zero-order valence-electron chi connectivity index (χ0n) is 14.9. The summed E-state index contributed by atoms with van der Waals surface area (Å²) < 4.78 is 1.67. The van der Waals surface area contributed by atoms with Gasteiger partial charge in [0.1, 0.15) is 0 Å². The van der Waals surface area contributed by atoms with Crippen molar-refractivity contribution in [2.24, 2.45) is 0 Å². The number of rotatable bonds is 6. The van der Waals surface area contributed by atoms with Gasteiger partial charge in [-0.2, -0.15) is 4.57 Å². The monoisotopic (exact) mass is 396 g/mol. The molecule has 138 valence electrons. The van der Waals surface area contributed by atoms with Crippen LogP contribution in [0.4, 0.5) is 5.69 Å². The molecule has 0 unspecified atom stereocenters. The molecule has 3 aromatic rings. The van der Waals surface area contributed by atoms with Crippen molar-refractivity contribution in [3.63, 3.8) is 0 Å². The minimum Gasteiger partial charge on any atom is -0.867 e. The van der Waals surface area contributed by atoms with Gasteiger partial charge in [0.15, 0.2) is 17.4 Å². The Balaban J connectivity index is 2.03. The Kier molecular flexibility index (Phi) is 6.34. The van der Waals surface area contributed by atoms with E-state index in [0.717, 1.165) is 12.1 Å². The van der Waals surface area contributed by atoms with E-state index in [1.165, 1.54) is 16.9 Å². The Labute approximate surface area is 168 Å². The molecule has 0 saturated heterocycles. The highest BCUT2D eigenvalue weighted by molar-refractivity contribution is 7.81. The molecule has 0 aliphatic rings. The van der Waals surface area contributed by atoms with E-state index in [-0.39, 0.29) is 12.4 Å². The van der Waals surface area contributed by atoms with Crippen molar-refractivity contribution >= 4 is 45.7 Å². The highest BCUT2D eigenvalue weighted by Crippen LogP contribution is 2.21. The number of thiocarbonyl (C=S) groups is 1. The summed E-state index contributed by atoms with van der Waals surface area (Å²) in [6, 6.07) is 15.2. The van der Waals surface area contributed by atoms with Gasteiger partial charge >= 0.3 is 0 Å². The Morgan fingerprint density at radius 3 is 2.70 bits per heavy atom. The van der Waals surface area contributed by atoms with Gasteiger partial charge in [0, 0.05) is 22.2 Å². The molecule has 3 rings (SSSR count). The van der Waals surface area contributed by atoms with Crippen molar-refractivity contribution in [2.45, 2.75) is 20.0 Å². The maximum atomic E-state index is 13.1. The molecular weight excluding hydrogens is 376 g/mol. The van der Waals surface area contributed by atoms with Crippen LogP contribution in [0.2, 0.25) is 0 Å². The van der Waals surface area contributed by atoms with Gasteiger partial charge in [0.25, 0.3) is 0 Å². The summed E-state index contributed by atoms with van der Waals surface area (Å²) in [5.74, 6) is -0.158. The van der Waals surface area contributed by atoms with Crippen LogP contribution >= 0.6 is 23.6 Å². The van der Waals surface area contributed by atoms with Crippen LogP contribution in [0.5, 0.6) is 0 Å². The zero-order chi connectivity index (χ0) is 19.2. The second kappa shape index (κ2) is 8.90. The lowest BCUT2D eigenvalue weighted by atomic mass is 10.1. The molecule has 6 heteroatoms. The number of anilines is 1. The van der Waals surface area contributed by atoms with E-state index in [1.54, 1.807) is 35.2 Å². The van der Waals surface area contributed by atoms with E-state index in [0.29, 0.717) is 21.1 Å². The van der Waals surface area contributed by atoms with E-state index < -0.39 is 0 Å². The molecule has 1 aromatic carbocycles. The SMILES string of the molecule is CCc1cccc(NC(=S)C(=C([O-])c2cccs2)[n+]2cccc(CO)c2)c1. The largest absolute Gasteiger partial charge is 0.867 e. The number of aromatic nitrogens is 1. The number of nitrogens with zero attached hydrogens (tertiary/aromatic N) is 1. The lowest BCUT2D eigenvalue weighted by molar-refractivity contribution is -0.578. The van der Waals surface area contributed by atoms with Crippen molar-refractivity contribution in [2.75, 3.05) is 5.32 Å². The normalized spacial score (nSPS) is 11.8. The van der Waals surface area contributed by atoms with Crippen molar-refractivity contribution in [1.29, 1.82) is 0 Å². The molecule has 4 nitrogen and oxygen atoms in total. The number of hydrogen-bond donors (Lipinski definition) is 2. The highest BCUT2D eigenvalue weighted by atomic mass is 32.1. The predicted octanol–water partition coefficient (Wildman–Crippen LogP) is 3.22. The van der Waals surface area contributed by atoms with Crippen LogP contribution in [0.1, 0.15) is 22.9 Å². The molecule has 2 aromatic heterocycles. The third-order valence-electron chi connectivity index (χ3n) is 4.07. The number of hydrogen-bond acceptors (Lipinski definition) is 4. The summed E-state index contributed by atoms with van der Waals surface area (Å²) in [6.07, 6.45) is 4.40. The average molecular weight is 397 g/mol. The van der Waals surface area contributed by atoms with Crippen LogP contribution in [0.15, 0.2) is 66.3 Å². The molecule has 2 heterocycles. The van der Waals surface area contributed by atoms with Gasteiger partial charge in [-0.05, 0) is 47.4 Å². The molecule has 0 saturated carbocycles. The number of pyridine rings is 1. The minimum atomic E-state index is -0.158. The fourth-order valence-corrected chi connectivity index (χ4v) is 3.66. The van der Waals surface area contributed by atoms with Gasteiger partial charge in [0.2, 0.25) is 5.70 Å². The van der Waals surface area contributed by atoms with Crippen LogP contribution < -0.4 is 15.0 Å². The third-order valence-corrected chi connectivity index (χ3v) is 5.23. The van der Waals surface area contributed by atoms with Gasteiger partial charge in [-0.25, -0.2) is 0 Å². The van der Waals surface area contributed by atoms with Crippen molar-refractivity contribution in [1.82, 2.24) is 0 Å². The number of aliphatic hydroxyl groups is 1. The fraction of sp³-hybridized carbons (Fsp3) is 0.143. The average Bonchev–Trinajstić information content (AvgIpc) is 3.23. The van der Waals surface area contributed by atoms with E-state index in [2.05, 4.69) is 18.3 Å². The minimum absolute atomic E-state index is 0.111. The van der Waals surface area contributed by atoms with E-state index >= 15 is 0 Å².